The molecule has 1 amide bonds. The Bertz CT molecular complexity index is 435. The van der Waals surface area contributed by atoms with Crippen LogP contribution >= 0.6 is 0 Å². The van der Waals surface area contributed by atoms with Gasteiger partial charge in [0.05, 0.1) is 0 Å². The smallest absolute Gasteiger partial charge is 0.411 e. The molecule has 0 saturated carbocycles. The number of carbonyl (C=O) groups excluding carboxylic acids is 3. The lowest BCUT2D eigenvalue weighted by Crippen LogP contribution is -2.45. The number of rotatable bonds is 4. The van der Waals surface area contributed by atoms with Crippen molar-refractivity contribution in [2.75, 3.05) is 13.1 Å². The Morgan fingerprint density at radius 3 is 1.17 bits per heavy atom. The molecule has 0 bridgehead atoms. The molecule has 7 nitrogen and oxygen atoms in total. The predicted octanol–water partition coefficient (Wildman–Crippen LogP) is 2.91. The van der Waals surface area contributed by atoms with E-state index in [0.29, 0.717) is 0 Å². The topological polar surface area (TPSA) is 82.1 Å². The second-order valence-corrected chi connectivity index (χ2v) is 8.51. The molecular weight excluding hydrogens is 314 g/mol. The molecule has 0 heterocycles. The van der Waals surface area contributed by atoms with E-state index in [9.17, 15) is 14.4 Å². The van der Waals surface area contributed by atoms with Gasteiger partial charge in [-0.05, 0) is 62.3 Å². The summed E-state index contributed by atoms with van der Waals surface area (Å²) in [5.74, 6) is -1.26. The van der Waals surface area contributed by atoms with E-state index in [2.05, 4.69) is 0 Å². The summed E-state index contributed by atoms with van der Waals surface area (Å²) in [4.78, 5) is 37.2. The van der Waals surface area contributed by atoms with Gasteiger partial charge in [-0.15, -0.1) is 0 Å². The van der Waals surface area contributed by atoms with Crippen molar-refractivity contribution in [1.29, 1.82) is 0 Å². The monoisotopic (exact) mass is 345 g/mol. The number of ether oxygens (including phenoxy) is 3. The summed E-state index contributed by atoms with van der Waals surface area (Å²) in [7, 11) is 0. The van der Waals surface area contributed by atoms with Gasteiger partial charge in [0.1, 0.15) is 29.9 Å². The fourth-order valence-corrected chi connectivity index (χ4v) is 1.57. The Kier molecular flexibility index (Phi) is 7.27. The van der Waals surface area contributed by atoms with Gasteiger partial charge < -0.3 is 14.2 Å². The predicted molar refractivity (Wildman–Crippen MR) is 89.5 cm³/mol. The van der Waals surface area contributed by atoms with E-state index in [1.165, 1.54) is 0 Å². The van der Waals surface area contributed by atoms with Crippen molar-refractivity contribution in [1.82, 2.24) is 4.90 Å². The number of nitrogens with zero attached hydrogens (tertiary/aromatic N) is 1. The molecular formula is C17H31NO6. The lowest BCUT2D eigenvalue weighted by Gasteiger charge is -2.28. The van der Waals surface area contributed by atoms with E-state index < -0.39 is 47.9 Å². The van der Waals surface area contributed by atoms with Gasteiger partial charge in [0, 0.05) is 0 Å². The van der Waals surface area contributed by atoms with Crippen molar-refractivity contribution < 1.29 is 28.6 Å². The zero-order valence-electron chi connectivity index (χ0n) is 16.3. The third-order valence-corrected chi connectivity index (χ3v) is 2.13. The number of hydrogen-bond acceptors (Lipinski definition) is 6. The summed E-state index contributed by atoms with van der Waals surface area (Å²) >= 11 is 0. The Hall–Kier alpha value is -1.79. The van der Waals surface area contributed by atoms with Gasteiger partial charge in [-0.1, -0.05) is 0 Å². The van der Waals surface area contributed by atoms with Gasteiger partial charge in [0.2, 0.25) is 0 Å². The molecule has 0 aromatic heterocycles. The highest BCUT2D eigenvalue weighted by atomic mass is 16.6. The molecule has 0 aliphatic carbocycles. The summed E-state index contributed by atoms with van der Waals surface area (Å²) < 4.78 is 15.6. The first-order valence-corrected chi connectivity index (χ1v) is 7.90. The summed E-state index contributed by atoms with van der Waals surface area (Å²) in [5.41, 5.74) is -2.14. The normalized spacial score (nSPS) is 12.4. The standard InChI is InChI=1S/C17H31NO6/c1-15(2,3)22-12(19)10-18(14(21)24-17(7,8)9)11-13(20)23-16(4,5)6/h10-11H2,1-9H3. The van der Waals surface area contributed by atoms with Crippen LogP contribution < -0.4 is 0 Å². The molecule has 0 aliphatic rings. The maximum Gasteiger partial charge on any atom is 0.411 e. The van der Waals surface area contributed by atoms with Crippen molar-refractivity contribution in [2.45, 2.75) is 79.1 Å². The van der Waals surface area contributed by atoms with Gasteiger partial charge in [-0.2, -0.15) is 0 Å². The fourth-order valence-electron chi connectivity index (χ4n) is 1.57. The summed E-state index contributed by atoms with van der Waals surface area (Å²) in [6.45, 7) is 14.6. The van der Waals surface area contributed by atoms with Crippen LogP contribution in [0.1, 0.15) is 62.3 Å². The van der Waals surface area contributed by atoms with Crippen LogP contribution in [0.3, 0.4) is 0 Å². The largest absolute Gasteiger partial charge is 0.459 e. The second kappa shape index (κ2) is 7.85. The van der Waals surface area contributed by atoms with Crippen LogP contribution in [-0.2, 0) is 23.8 Å². The maximum absolute atomic E-state index is 12.2. The van der Waals surface area contributed by atoms with E-state index in [4.69, 9.17) is 14.2 Å². The first kappa shape index (κ1) is 22.2. The third kappa shape index (κ3) is 11.7. The van der Waals surface area contributed by atoms with Crippen LogP contribution in [0.5, 0.6) is 0 Å². The molecule has 7 heteroatoms. The molecule has 0 aromatic rings. The average molecular weight is 345 g/mol. The Morgan fingerprint density at radius 2 is 0.917 bits per heavy atom. The first-order chi connectivity index (χ1) is 10.5. The van der Waals surface area contributed by atoms with Crippen LogP contribution in [0.15, 0.2) is 0 Å². The zero-order valence-corrected chi connectivity index (χ0v) is 16.3. The van der Waals surface area contributed by atoms with E-state index in [1.807, 2.05) is 0 Å². The highest BCUT2D eigenvalue weighted by Crippen LogP contribution is 2.13. The lowest BCUT2D eigenvalue weighted by molar-refractivity contribution is -0.159. The Labute approximate surface area is 144 Å². The van der Waals surface area contributed by atoms with Gasteiger partial charge in [-0.3, -0.25) is 14.5 Å². The number of hydrogen-bond donors (Lipinski definition) is 0. The Balaban J connectivity index is 5.05. The molecule has 0 spiro atoms. The van der Waals surface area contributed by atoms with Crippen molar-refractivity contribution in [3.8, 4) is 0 Å². The lowest BCUT2D eigenvalue weighted by atomic mass is 10.2. The number of carbonyl (C=O) groups is 3. The van der Waals surface area contributed by atoms with Gasteiger partial charge in [-0.25, -0.2) is 4.79 Å². The van der Waals surface area contributed by atoms with E-state index in [-0.39, 0.29) is 0 Å². The van der Waals surface area contributed by atoms with Crippen LogP contribution in [-0.4, -0.2) is 52.8 Å². The highest BCUT2D eigenvalue weighted by Gasteiger charge is 2.29. The van der Waals surface area contributed by atoms with Crippen molar-refractivity contribution >= 4 is 18.0 Å². The molecule has 140 valence electrons. The Morgan fingerprint density at radius 1 is 0.625 bits per heavy atom. The summed E-state index contributed by atoms with van der Waals surface area (Å²) in [5, 5.41) is 0. The zero-order chi connectivity index (χ0) is 19.3. The molecule has 0 aliphatic heterocycles. The molecule has 0 saturated heterocycles. The second-order valence-electron chi connectivity index (χ2n) is 8.51. The highest BCUT2D eigenvalue weighted by molar-refractivity contribution is 5.83. The number of amides is 1. The maximum atomic E-state index is 12.2. The molecule has 0 aromatic carbocycles. The van der Waals surface area contributed by atoms with E-state index in [0.717, 1.165) is 4.90 Å². The minimum absolute atomic E-state index is 0.397. The van der Waals surface area contributed by atoms with Gasteiger partial charge in [0.25, 0.3) is 0 Å². The molecule has 0 radical (unpaired) electrons. The third-order valence-electron chi connectivity index (χ3n) is 2.13. The molecule has 0 fully saturated rings. The van der Waals surface area contributed by atoms with Gasteiger partial charge >= 0.3 is 18.0 Å². The quantitative estimate of drug-likeness (QED) is 0.575. The van der Waals surface area contributed by atoms with E-state index in [1.54, 1.807) is 62.3 Å². The summed E-state index contributed by atoms with van der Waals surface area (Å²) in [6.07, 6.45) is -0.779. The van der Waals surface area contributed by atoms with Crippen LogP contribution in [0, 0.1) is 0 Å². The van der Waals surface area contributed by atoms with Gasteiger partial charge in [0.15, 0.2) is 0 Å². The average Bonchev–Trinajstić information content (AvgIpc) is 2.19. The molecule has 0 N–H and O–H groups in total. The minimum Gasteiger partial charge on any atom is -0.459 e. The molecule has 0 rings (SSSR count). The fraction of sp³-hybridized carbons (Fsp3) is 0.824. The van der Waals surface area contributed by atoms with Crippen molar-refractivity contribution in [3.05, 3.63) is 0 Å². The molecule has 24 heavy (non-hydrogen) atoms. The van der Waals surface area contributed by atoms with Crippen LogP contribution in [0.25, 0.3) is 0 Å². The van der Waals surface area contributed by atoms with Crippen molar-refractivity contribution in [2.24, 2.45) is 0 Å². The number of esters is 2. The SMILES string of the molecule is CC(C)(C)OC(=O)CN(CC(=O)OC(C)(C)C)C(=O)OC(C)(C)C. The molecule has 0 unspecified atom stereocenters. The van der Waals surface area contributed by atoms with E-state index >= 15 is 0 Å². The minimum atomic E-state index is -0.779. The van der Waals surface area contributed by atoms with Crippen LogP contribution in [0.2, 0.25) is 0 Å². The first-order valence-electron chi connectivity index (χ1n) is 7.90. The van der Waals surface area contributed by atoms with Crippen LogP contribution in [0.4, 0.5) is 4.79 Å². The summed E-state index contributed by atoms with van der Waals surface area (Å²) in [6, 6.07) is 0. The van der Waals surface area contributed by atoms with Crippen molar-refractivity contribution in [3.63, 3.8) is 0 Å². The molecule has 0 atom stereocenters.